The van der Waals surface area contributed by atoms with E-state index in [0.717, 1.165) is 6.07 Å². The molecule has 0 aliphatic rings. The third-order valence-corrected chi connectivity index (χ3v) is 2.40. The van der Waals surface area contributed by atoms with E-state index in [9.17, 15) is 17.6 Å². The van der Waals surface area contributed by atoms with Crippen molar-refractivity contribution >= 4 is 17.2 Å². The molecule has 4 nitrogen and oxygen atoms in total. The lowest BCUT2D eigenvalue weighted by molar-refractivity contribution is -0.137. The topological polar surface area (TPSA) is 55.9 Å². The van der Waals surface area contributed by atoms with E-state index in [1.54, 1.807) is 7.05 Å². The van der Waals surface area contributed by atoms with Crippen LogP contribution < -0.4 is 11.1 Å². The first-order valence-corrected chi connectivity index (χ1v) is 5.20. The van der Waals surface area contributed by atoms with Crippen molar-refractivity contribution in [1.82, 2.24) is 9.78 Å². The minimum Gasteiger partial charge on any atom is -0.394 e. The van der Waals surface area contributed by atoms with Gasteiger partial charge in [0.1, 0.15) is 5.82 Å². The van der Waals surface area contributed by atoms with Gasteiger partial charge in [0.25, 0.3) is 0 Å². The average molecular weight is 274 g/mol. The van der Waals surface area contributed by atoms with Crippen molar-refractivity contribution in [2.45, 2.75) is 6.18 Å². The summed E-state index contributed by atoms with van der Waals surface area (Å²) in [7, 11) is 1.59. The second kappa shape index (κ2) is 4.45. The van der Waals surface area contributed by atoms with E-state index in [-0.39, 0.29) is 17.2 Å². The Kier molecular flexibility index (Phi) is 3.09. The summed E-state index contributed by atoms with van der Waals surface area (Å²) >= 11 is 0. The Bertz CT molecular complexity index is 603. The Hall–Kier alpha value is -2.25. The maximum Gasteiger partial charge on any atom is 0.416 e. The maximum absolute atomic E-state index is 13.5. The summed E-state index contributed by atoms with van der Waals surface area (Å²) in [5.41, 5.74) is 4.49. The van der Waals surface area contributed by atoms with Gasteiger partial charge >= 0.3 is 6.18 Å². The molecular weight excluding hydrogens is 264 g/mol. The highest BCUT2D eigenvalue weighted by Crippen LogP contribution is 2.33. The first kappa shape index (κ1) is 13.2. The van der Waals surface area contributed by atoms with E-state index in [1.807, 2.05) is 0 Å². The van der Waals surface area contributed by atoms with Crippen molar-refractivity contribution in [2.75, 3.05) is 11.1 Å². The lowest BCUT2D eigenvalue weighted by atomic mass is 10.2. The predicted molar refractivity (Wildman–Crippen MR) is 62.3 cm³/mol. The van der Waals surface area contributed by atoms with Crippen LogP contribution in [-0.4, -0.2) is 9.78 Å². The van der Waals surface area contributed by atoms with Crippen molar-refractivity contribution in [3.8, 4) is 0 Å². The summed E-state index contributed by atoms with van der Waals surface area (Å²) in [4.78, 5) is 0. The van der Waals surface area contributed by atoms with Crippen molar-refractivity contribution in [3.05, 3.63) is 35.8 Å². The average Bonchev–Trinajstić information content (AvgIpc) is 2.59. The molecule has 1 aromatic carbocycles. The van der Waals surface area contributed by atoms with Gasteiger partial charge in [0.05, 0.1) is 16.9 Å². The second-order valence-electron chi connectivity index (χ2n) is 3.92. The van der Waals surface area contributed by atoms with Gasteiger partial charge in [-0.1, -0.05) is 0 Å². The van der Waals surface area contributed by atoms with Crippen LogP contribution in [0.1, 0.15) is 5.56 Å². The molecule has 1 heterocycles. The van der Waals surface area contributed by atoms with Crippen LogP contribution in [0.15, 0.2) is 24.4 Å². The van der Waals surface area contributed by atoms with E-state index in [2.05, 4.69) is 10.4 Å². The van der Waals surface area contributed by atoms with E-state index in [1.165, 1.54) is 10.9 Å². The van der Waals surface area contributed by atoms with Gasteiger partial charge in [-0.25, -0.2) is 4.39 Å². The molecule has 2 rings (SSSR count). The summed E-state index contributed by atoms with van der Waals surface area (Å²) in [6, 6.07) is 2.08. The highest BCUT2D eigenvalue weighted by atomic mass is 19.4. The second-order valence-corrected chi connectivity index (χ2v) is 3.92. The number of hydrogen-bond donors (Lipinski definition) is 2. The van der Waals surface area contributed by atoms with E-state index in [0.29, 0.717) is 12.1 Å². The largest absolute Gasteiger partial charge is 0.416 e. The maximum atomic E-state index is 13.5. The van der Waals surface area contributed by atoms with Crippen LogP contribution in [-0.2, 0) is 13.2 Å². The Balaban J connectivity index is 2.37. The number of anilines is 3. The lowest BCUT2D eigenvalue weighted by Gasteiger charge is -2.10. The van der Waals surface area contributed by atoms with E-state index in [4.69, 9.17) is 5.73 Å². The number of alkyl halides is 3. The lowest BCUT2D eigenvalue weighted by Crippen LogP contribution is -2.07. The molecule has 0 unspecified atom stereocenters. The molecule has 0 aliphatic heterocycles. The zero-order chi connectivity index (χ0) is 14.2. The Morgan fingerprint density at radius 2 is 2.00 bits per heavy atom. The highest BCUT2D eigenvalue weighted by molar-refractivity contribution is 5.68. The summed E-state index contributed by atoms with van der Waals surface area (Å²) in [5, 5.41) is 6.31. The first-order chi connectivity index (χ1) is 8.77. The van der Waals surface area contributed by atoms with E-state index >= 15 is 0 Å². The standard InChI is InChI=1S/C11H10F4N4/c1-19-5-8(16)10(18-19)17-9-4-6(11(13,14)15)2-3-7(9)12/h2-5H,16H2,1H3,(H,17,18). The predicted octanol–water partition coefficient (Wildman–Crippen LogP) is 2.90. The molecule has 0 atom stereocenters. The number of halogens is 4. The molecular formula is C11H10F4N4. The van der Waals surface area contributed by atoms with Gasteiger partial charge in [0.2, 0.25) is 0 Å². The zero-order valence-corrected chi connectivity index (χ0v) is 9.79. The Morgan fingerprint density at radius 3 is 2.53 bits per heavy atom. The van der Waals surface area contributed by atoms with E-state index < -0.39 is 17.6 Å². The van der Waals surface area contributed by atoms with Crippen LogP contribution in [0.25, 0.3) is 0 Å². The van der Waals surface area contributed by atoms with Gasteiger partial charge in [-0.05, 0) is 18.2 Å². The number of hydrogen-bond acceptors (Lipinski definition) is 3. The van der Waals surface area contributed by atoms with Crippen molar-refractivity contribution in [2.24, 2.45) is 7.05 Å². The number of rotatable bonds is 2. The monoisotopic (exact) mass is 274 g/mol. The van der Waals surface area contributed by atoms with Crippen molar-refractivity contribution in [1.29, 1.82) is 0 Å². The molecule has 3 N–H and O–H groups in total. The number of aryl methyl sites for hydroxylation is 1. The fourth-order valence-corrected chi connectivity index (χ4v) is 1.53. The smallest absolute Gasteiger partial charge is 0.394 e. The first-order valence-electron chi connectivity index (χ1n) is 5.20. The van der Waals surface area contributed by atoms with Gasteiger partial charge in [0.15, 0.2) is 5.82 Å². The fourth-order valence-electron chi connectivity index (χ4n) is 1.53. The Morgan fingerprint density at radius 1 is 1.32 bits per heavy atom. The van der Waals surface area contributed by atoms with Crippen LogP contribution in [0.5, 0.6) is 0 Å². The number of nitrogens with one attached hydrogen (secondary N) is 1. The number of aromatic nitrogens is 2. The van der Waals surface area contributed by atoms with Crippen LogP contribution in [0.4, 0.5) is 34.8 Å². The minimum atomic E-state index is -4.54. The molecule has 0 bridgehead atoms. The normalized spacial score (nSPS) is 11.6. The molecule has 19 heavy (non-hydrogen) atoms. The third-order valence-electron chi connectivity index (χ3n) is 2.40. The minimum absolute atomic E-state index is 0.0979. The molecule has 0 radical (unpaired) electrons. The summed E-state index contributed by atoms with van der Waals surface area (Å²) in [6.07, 6.45) is -3.09. The molecule has 0 saturated carbocycles. The van der Waals surface area contributed by atoms with Crippen molar-refractivity contribution < 1.29 is 17.6 Å². The third kappa shape index (κ3) is 2.78. The van der Waals surface area contributed by atoms with Gasteiger partial charge in [-0.3, -0.25) is 4.68 Å². The van der Waals surface area contributed by atoms with Gasteiger partial charge in [0, 0.05) is 13.2 Å². The quantitative estimate of drug-likeness (QED) is 0.828. The number of nitrogens with zero attached hydrogens (tertiary/aromatic N) is 2. The molecule has 1 aromatic heterocycles. The summed E-state index contributed by atoms with van der Waals surface area (Å²) in [5.74, 6) is -0.723. The highest BCUT2D eigenvalue weighted by Gasteiger charge is 2.31. The van der Waals surface area contributed by atoms with Crippen molar-refractivity contribution in [3.63, 3.8) is 0 Å². The Labute approximate surface area is 105 Å². The van der Waals surface area contributed by atoms with Crippen LogP contribution in [0.2, 0.25) is 0 Å². The fraction of sp³-hybridized carbons (Fsp3) is 0.182. The van der Waals surface area contributed by atoms with Crippen LogP contribution in [0, 0.1) is 5.82 Å². The molecule has 0 aliphatic carbocycles. The van der Waals surface area contributed by atoms with Crippen LogP contribution in [0.3, 0.4) is 0 Å². The number of nitrogen functional groups attached to an aromatic ring is 1. The molecule has 0 amide bonds. The van der Waals surface area contributed by atoms with Gasteiger partial charge in [-0.15, -0.1) is 0 Å². The van der Waals surface area contributed by atoms with Crippen LogP contribution >= 0.6 is 0 Å². The molecule has 0 saturated heterocycles. The molecule has 2 aromatic rings. The zero-order valence-electron chi connectivity index (χ0n) is 9.79. The number of benzene rings is 1. The summed E-state index contributed by atoms with van der Waals surface area (Å²) in [6.45, 7) is 0. The molecule has 0 fully saturated rings. The van der Waals surface area contributed by atoms with Gasteiger partial charge in [-0.2, -0.15) is 18.3 Å². The SMILES string of the molecule is Cn1cc(N)c(Nc2cc(C(F)(F)F)ccc2F)n1. The number of nitrogens with two attached hydrogens (primary N) is 1. The van der Waals surface area contributed by atoms with Gasteiger partial charge < -0.3 is 11.1 Å². The molecule has 0 spiro atoms. The molecule has 8 heteroatoms. The summed E-state index contributed by atoms with van der Waals surface area (Å²) < 4.78 is 52.4. The molecule has 102 valence electrons.